The van der Waals surface area contributed by atoms with Gasteiger partial charge in [-0.05, 0) is 24.7 Å². The van der Waals surface area contributed by atoms with Crippen molar-refractivity contribution in [1.29, 1.82) is 0 Å². The molecule has 0 saturated heterocycles. The molecule has 3 heteroatoms. The zero-order valence-electron chi connectivity index (χ0n) is 11.8. The average Bonchev–Trinajstić information content (AvgIpc) is 2.28. The highest BCUT2D eigenvalue weighted by atomic mass is 16.5. The van der Waals surface area contributed by atoms with Gasteiger partial charge in [0.15, 0.2) is 0 Å². The molecule has 0 aromatic heterocycles. The molecule has 0 bridgehead atoms. The molecule has 0 aromatic carbocycles. The molecule has 2 N–H and O–H groups in total. The maximum Gasteiger partial charge on any atom is 0.0724 e. The molecule has 0 spiro atoms. The molecule has 0 aromatic rings. The summed E-state index contributed by atoms with van der Waals surface area (Å²) in [4.78, 5) is 0. The van der Waals surface area contributed by atoms with Gasteiger partial charge in [0, 0.05) is 25.8 Å². The number of aliphatic hydroxyl groups excluding tert-OH is 1. The summed E-state index contributed by atoms with van der Waals surface area (Å²) in [5, 5.41) is 12.9. The largest absolute Gasteiger partial charge is 0.396 e. The number of nitrogens with one attached hydrogen (secondary N) is 1. The molecule has 1 fully saturated rings. The van der Waals surface area contributed by atoms with Crippen LogP contribution in [-0.4, -0.2) is 37.0 Å². The molecule has 1 aliphatic carbocycles. The molecule has 0 heterocycles. The van der Waals surface area contributed by atoms with Crippen LogP contribution in [0.3, 0.4) is 0 Å². The smallest absolute Gasteiger partial charge is 0.0724 e. The van der Waals surface area contributed by atoms with Crippen molar-refractivity contribution in [3.05, 3.63) is 0 Å². The molecule has 1 saturated carbocycles. The second-order valence-corrected chi connectivity index (χ2v) is 6.26. The van der Waals surface area contributed by atoms with E-state index in [9.17, 15) is 5.11 Å². The fraction of sp³-hybridized carbons (Fsp3) is 1.00. The lowest BCUT2D eigenvalue weighted by atomic mass is 9.82. The van der Waals surface area contributed by atoms with Crippen LogP contribution in [0, 0.1) is 5.41 Å². The van der Waals surface area contributed by atoms with Gasteiger partial charge < -0.3 is 15.2 Å². The Kier molecular flexibility index (Phi) is 5.90. The van der Waals surface area contributed by atoms with Crippen molar-refractivity contribution in [1.82, 2.24) is 5.32 Å². The minimum absolute atomic E-state index is 0.179. The Bertz CT molecular complexity index is 213. The second-order valence-electron chi connectivity index (χ2n) is 6.26. The standard InChI is InChI=1S/C14H29NO2/c1-14(2,3)13(9-10-16)15-11-7-5-6-8-12(11)17-4/h11-13,15-16H,5-10H2,1-4H3. The number of aliphatic hydroxyl groups is 1. The topological polar surface area (TPSA) is 41.5 Å². The maximum atomic E-state index is 9.18. The first-order valence-electron chi connectivity index (χ1n) is 6.88. The second kappa shape index (κ2) is 6.72. The Hall–Kier alpha value is -0.120. The highest BCUT2D eigenvalue weighted by Gasteiger charge is 2.31. The van der Waals surface area contributed by atoms with Crippen molar-refractivity contribution in [2.45, 2.75) is 71.1 Å². The van der Waals surface area contributed by atoms with Crippen LogP contribution >= 0.6 is 0 Å². The van der Waals surface area contributed by atoms with Gasteiger partial charge in [-0.1, -0.05) is 33.6 Å². The Morgan fingerprint density at radius 3 is 2.47 bits per heavy atom. The van der Waals surface area contributed by atoms with Crippen molar-refractivity contribution < 1.29 is 9.84 Å². The molecular weight excluding hydrogens is 214 g/mol. The van der Waals surface area contributed by atoms with Crippen molar-refractivity contribution in [3.8, 4) is 0 Å². The number of hydrogen-bond donors (Lipinski definition) is 2. The van der Waals surface area contributed by atoms with Crippen LogP contribution in [0.1, 0.15) is 52.9 Å². The van der Waals surface area contributed by atoms with E-state index >= 15 is 0 Å². The maximum absolute atomic E-state index is 9.18. The quantitative estimate of drug-likeness (QED) is 0.778. The molecular formula is C14H29NO2. The lowest BCUT2D eigenvalue weighted by Gasteiger charge is -2.39. The first-order valence-corrected chi connectivity index (χ1v) is 6.88. The average molecular weight is 243 g/mol. The van der Waals surface area contributed by atoms with Crippen LogP contribution in [-0.2, 0) is 4.74 Å². The van der Waals surface area contributed by atoms with E-state index in [1.54, 1.807) is 0 Å². The van der Waals surface area contributed by atoms with Crippen molar-refractivity contribution in [2.75, 3.05) is 13.7 Å². The first-order chi connectivity index (χ1) is 7.99. The van der Waals surface area contributed by atoms with Gasteiger partial charge in [-0.15, -0.1) is 0 Å². The zero-order chi connectivity index (χ0) is 12.9. The minimum Gasteiger partial charge on any atom is -0.396 e. The van der Waals surface area contributed by atoms with Crippen LogP contribution in [0.25, 0.3) is 0 Å². The molecule has 3 nitrogen and oxygen atoms in total. The van der Waals surface area contributed by atoms with Gasteiger partial charge in [-0.2, -0.15) is 0 Å². The lowest BCUT2D eigenvalue weighted by Crippen LogP contribution is -2.52. The van der Waals surface area contributed by atoms with E-state index in [0.29, 0.717) is 18.2 Å². The number of ether oxygens (including phenoxy) is 1. The summed E-state index contributed by atoms with van der Waals surface area (Å²) < 4.78 is 5.57. The van der Waals surface area contributed by atoms with Gasteiger partial charge in [-0.3, -0.25) is 0 Å². The van der Waals surface area contributed by atoms with E-state index in [4.69, 9.17) is 4.74 Å². The predicted molar refractivity (Wildman–Crippen MR) is 71.1 cm³/mol. The van der Waals surface area contributed by atoms with Crippen molar-refractivity contribution in [3.63, 3.8) is 0 Å². The number of methoxy groups -OCH3 is 1. The monoisotopic (exact) mass is 243 g/mol. The third kappa shape index (κ3) is 4.57. The van der Waals surface area contributed by atoms with Gasteiger partial charge in [0.05, 0.1) is 6.10 Å². The molecule has 0 aliphatic heterocycles. The van der Waals surface area contributed by atoms with Crippen LogP contribution in [0.5, 0.6) is 0 Å². The molecule has 17 heavy (non-hydrogen) atoms. The SMILES string of the molecule is COC1CCCCC1NC(CCO)C(C)(C)C. The molecule has 3 unspecified atom stereocenters. The van der Waals surface area contributed by atoms with E-state index in [1.807, 2.05) is 7.11 Å². The molecule has 102 valence electrons. The predicted octanol–water partition coefficient (Wildman–Crippen LogP) is 2.33. The Balaban J connectivity index is 2.58. The molecule has 3 atom stereocenters. The van der Waals surface area contributed by atoms with Crippen LogP contribution < -0.4 is 5.32 Å². The van der Waals surface area contributed by atoms with Gasteiger partial charge in [0.25, 0.3) is 0 Å². The van der Waals surface area contributed by atoms with Gasteiger partial charge in [0.1, 0.15) is 0 Å². The third-order valence-corrected chi connectivity index (χ3v) is 3.88. The van der Waals surface area contributed by atoms with Crippen LogP contribution in [0.15, 0.2) is 0 Å². The highest BCUT2D eigenvalue weighted by molar-refractivity contribution is 4.89. The zero-order valence-corrected chi connectivity index (χ0v) is 11.8. The van der Waals surface area contributed by atoms with Crippen LogP contribution in [0.4, 0.5) is 0 Å². The Labute approximate surface area is 106 Å². The van der Waals surface area contributed by atoms with Crippen molar-refractivity contribution >= 4 is 0 Å². The summed E-state index contributed by atoms with van der Waals surface area (Å²) >= 11 is 0. The van der Waals surface area contributed by atoms with Gasteiger partial charge >= 0.3 is 0 Å². The van der Waals surface area contributed by atoms with Crippen molar-refractivity contribution in [2.24, 2.45) is 5.41 Å². The first kappa shape index (κ1) is 14.9. The molecule has 1 rings (SSSR count). The number of hydrogen-bond acceptors (Lipinski definition) is 3. The third-order valence-electron chi connectivity index (χ3n) is 3.88. The summed E-state index contributed by atoms with van der Waals surface area (Å²) in [6.45, 7) is 6.93. The highest BCUT2D eigenvalue weighted by Crippen LogP contribution is 2.26. The van der Waals surface area contributed by atoms with Gasteiger partial charge in [-0.25, -0.2) is 0 Å². The fourth-order valence-electron chi connectivity index (χ4n) is 2.72. The van der Waals surface area contributed by atoms with E-state index < -0.39 is 0 Å². The summed E-state index contributed by atoms with van der Waals surface area (Å²) in [7, 11) is 1.81. The van der Waals surface area contributed by atoms with Crippen LogP contribution in [0.2, 0.25) is 0 Å². The van der Waals surface area contributed by atoms with E-state index in [2.05, 4.69) is 26.1 Å². The Morgan fingerprint density at radius 1 is 1.29 bits per heavy atom. The van der Waals surface area contributed by atoms with E-state index in [0.717, 1.165) is 12.8 Å². The molecule has 0 amide bonds. The molecule has 0 radical (unpaired) electrons. The summed E-state index contributed by atoms with van der Waals surface area (Å²) in [6.07, 6.45) is 6.06. The lowest BCUT2D eigenvalue weighted by molar-refractivity contribution is 0.0287. The van der Waals surface area contributed by atoms with E-state index in [-0.39, 0.29) is 12.0 Å². The fourth-order valence-corrected chi connectivity index (χ4v) is 2.72. The number of rotatable bonds is 5. The Morgan fingerprint density at radius 2 is 1.94 bits per heavy atom. The normalized spacial score (nSPS) is 28.1. The molecule has 1 aliphatic rings. The summed E-state index contributed by atoms with van der Waals surface area (Å²) in [6, 6.07) is 0.803. The minimum atomic E-state index is 0.179. The summed E-state index contributed by atoms with van der Waals surface area (Å²) in [5.41, 5.74) is 0.179. The van der Waals surface area contributed by atoms with E-state index in [1.165, 1.54) is 19.3 Å². The van der Waals surface area contributed by atoms with Gasteiger partial charge in [0.2, 0.25) is 0 Å². The summed E-state index contributed by atoms with van der Waals surface area (Å²) in [5.74, 6) is 0.